The van der Waals surface area contributed by atoms with Crippen molar-refractivity contribution in [3.63, 3.8) is 0 Å². The standard InChI is InChI=1S/C62H40N2/c1-31-25-33(3)49(34(4)26-31)55-43-19-11-17-41-42-18-12-20-44-54(42)62-60-48(56(44)50-35(5)27-32(2)28-36(50)6)24-22-46-52(40-16-10-8-14-38(40)30-64)51(39-15-9-7-13-37(39)29-63)45-21-23-47(55)59(57(45)58(46)60)61(62)53(41)43/h7-28H,1-6H3. The Hall–Kier alpha value is -8.04. The molecule has 0 radical (unpaired) electrons. The van der Waals surface area contributed by atoms with Crippen molar-refractivity contribution in [2.75, 3.05) is 0 Å². The first-order chi connectivity index (χ1) is 31.2. The minimum atomic E-state index is 0.606. The Balaban J connectivity index is 1.42. The molecule has 64 heavy (non-hydrogen) atoms. The Morgan fingerprint density at radius 2 is 0.594 bits per heavy atom. The normalized spacial score (nSPS) is 12.2. The van der Waals surface area contributed by atoms with Gasteiger partial charge in [-0.15, -0.1) is 0 Å². The number of nitrogens with zero attached hydrogens (tertiary/aromatic N) is 2. The van der Waals surface area contributed by atoms with Gasteiger partial charge in [0.1, 0.15) is 0 Å². The number of rotatable bonds is 4. The van der Waals surface area contributed by atoms with Crippen molar-refractivity contribution in [1.29, 1.82) is 10.5 Å². The van der Waals surface area contributed by atoms with E-state index in [1.54, 1.807) is 0 Å². The van der Waals surface area contributed by atoms with Crippen molar-refractivity contribution in [1.82, 2.24) is 0 Å². The molecule has 0 atom stereocenters. The second-order valence-electron chi connectivity index (χ2n) is 18.4. The van der Waals surface area contributed by atoms with Crippen LogP contribution >= 0.6 is 0 Å². The molecule has 0 aliphatic rings. The van der Waals surface area contributed by atoms with Crippen LogP contribution in [0.15, 0.2) is 133 Å². The highest BCUT2D eigenvalue weighted by molar-refractivity contribution is 6.55. The third-order valence-corrected chi connectivity index (χ3v) is 14.7. The smallest absolute Gasteiger partial charge is 0.0998 e. The third-order valence-electron chi connectivity index (χ3n) is 14.7. The SMILES string of the molecule is Cc1cc(C)c(-c2c3cccc4c5cccc6c(-c7c(C)cc(C)cc7C)c7ccc8c(-c9ccccc9C#N)c(-c9ccccc9C#N)c9ccc2c2c9c8c7c(c65)c2c34)c(C)c1. The maximum atomic E-state index is 10.8. The van der Waals surface area contributed by atoms with Gasteiger partial charge in [-0.3, -0.25) is 0 Å². The maximum absolute atomic E-state index is 10.8. The number of hydrogen-bond donors (Lipinski definition) is 0. The van der Waals surface area contributed by atoms with E-state index in [9.17, 15) is 10.5 Å². The van der Waals surface area contributed by atoms with Crippen LogP contribution in [0.4, 0.5) is 0 Å². The molecule has 13 aromatic carbocycles. The summed E-state index contributed by atoms with van der Waals surface area (Å²) < 4.78 is 0. The molecule has 13 rings (SSSR count). The molecule has 0 unspecified atom stereocenters. The summed E-state index contributed by atoms with van der Waals surface area (Å²) in [6, 6.07) is 53.8. The summed E-state index contributed by atoms with van der Waals surface area (Å²) in [7, 11) is 0. The molecule has 0 aliphatic heterocycles. The third kappa shape index (κ3) is 4.47. The molecule has 0 saturated carbocycles. The average Bonchev–Trinajstić information content (AvgIpc) is 3.29. The molecular weight excluding hydrogens is 773 g/mol. The predicted octanol–water partition coefficient (Wildman–Crippen LogP) is 16.9. The molecule has 0 heterocycles. The lowest BCUT2D eigenvalue weighted by molar-refractivity contribution is 1.33. The Kier molecular flexibility index (Phi) is 7.30. The van der Waals surface area contributed by atoms with E-state index in [1.807, 2.05) is 36.4 Å². The fourth-order valence-electron chi connectivity index (χ4n) is 12.7. The van der Waals surface area contributed by atoms with E-state index >= 15 is 0 Å². The van der Waals surface area contributed by atoms with E-state index in [2.05, 4.69) is 151 Å². The van der Waals surface area contributed by atoms with Gasteiger partial charge in [-0.1, -0.05) is 132 Å². The van der Waals surface area contributed by atoms with E-state index < -0.39 is 0 Å². The number of fused-ring (bicyclic) bond motifs is 1. The van der Waals surface area contributed by atoms with Crippen LogP contribution in [0.25, 0.3) is 131 Å². The molecule has 0 amide bonds. The van der Waals surface area contributed by atoms with Gasteiger partial charge in [0.05, 0.1) is 23.3 Å². The minimum absolute atomic E-state index is 0.606. The molecule has 0 aliphatic carbocycles. The van der Waals surface area contributed by atoms with Crippen LogP contribution < -0.4 is 0 Å². The van der Waals surface area contributed by atoms with Crippen LogP contribution in [0.2, 0.25) is 0 Å². The molecule has 0 bridgehead atoms. The van der Waals surface area contributed by atoms with E-state index in [4.69, 9.17) is 0 Å². The molecule has 0 saturated heterocycles. The second-order valence-corrected chi connectivity index (χ2v) is 18.4. The molecule has 0 aromatic heterocycles. The van der Waals surface area contributed by atoms with Crippen molar-refractivity contribution in [2.45, 2.75) is 41.5 Å². The first kappa shape index (κ1) is 36.6. The number of nitriles is 2. The van der Waals surface area contributed by atoms with Crippen molar-refractivity contribution < 1.29 is 0 Å². The van der Waals surface area contributed by atoms with Gasteiger partial charge in [-0.2, -0.15) is 10.5 Å². The first-order valence-corrected chi connectivity index (χ1v) is 22.2. The number of aryl methyl sites for hydroxylation is 6. The first-order valence-electron chi connectivity index (χ1n) is 22.2. The van der Waals surface area contributed by atoms with Gasteiger partial charge in [0.15, 0.2) is 0 Å². The summed E-state index contributed by atoms with van der Waals surface area (Å²) in [5, 5.41) is 41.5. The van der Waals surface area contributed by atoms with Crippen LogP contribution in [0.1, 0.15) is 44.5 Å². The van der Waals surface area contributed by atoms with Gasteiger partial charge < -0.3 is 0 Å². The summed E-state index contributed by atoms with van der Waals surface area (Å²) in [5.41, 5.74) is 17.6. The van der Waals surface area contributed by atoms with Gasteiger partial charge >= 0.3 is 0 Å². The zero-order chi connectivity index (χ0) is 43.4. The topological polar surface area (TPSA) is 47.6 Å². The van der Waals surface area contributed by atoms with Crippen molar-refractivity contribution in [3.8, 4) is 56.6 Å². The fraction of sp³-hybridized carbons (Fsp3) is 0.0968. The Morgan fingerprint density at radius 3 is 0.969 bits per heavy atom. The monoisotopic (exact) mass is 812 g/mol. The zero-order valence-electron chi connectivity index (χ0n) is 36.6. The molecule has 298 valence electrons. The highest BCUT2D eigenvalue weighted by atomic mass is 14.4. The highest BCUT2D eigenvalue weighted by Gasteiger charge is 2.32. The summed E-state index contributed by atoms with van der Waals surface area (Å²) in [5.74, 6) is 0. The average molecular weight is 813 g/mol. The van der Waals surface area contributed by atoms with E-state index in [-0.39, 0.29) is 0 Å². The zero-order valence-corrected chi connectivity index (χ0v) is 36.6. The molecule has 2 heteroatoms. The van der Waals surface area contributed by atoms with E-state index in [0.29, 0.717) is 11.1 Å². The van der Waals surface area contributed by atoms with Gasteiger partial charge in [0.25, 0.3) is 0 Å². The lowest BCUT2D eigenvalue weighted by atomic mass is 9.72. The predicted molar refractivity (Wildman–Crippen MR) is 271 cm³/mol. The Morgan fingerprint density at radius 1 is 0.281 bits per heavy atom. The fourth-order valence-corrected chi connectivity index (χ4v) is 12.7. The van der Waals surface area contributed by atoms with Crippen LogP contribution in [0.3, 0.4) is 0 Å². The second kappa shape index (κ2) is 12.8. The summed E-state index contributed by atoms with van der Waals surface area (Å²) >= 11 is 0. The van der Waals surface area contributed by atoms with E-state index in [0.717, 1.165) is 33.0 Å². The largest absolute Gasteiger partial charge is 0.192 e. The van der Waals surface area contributed by atoms with Gasteiger partial charge in [-0.25, -0.2) is 0 Å². The van der Waals surface area contributed by atoms with E-state index in [1.165, 1.54) is 131 Å². The quantitative estimate of drug-likeness (QED) is 0.131. The molecule has 2 nitrogen and oxygen atoms in total. The number of hydrogen-bond acceptors (Lipinski definition) is 2. The van der Waals surface area contributed by atoms with Gasteiger partial charge in [-0.05, 0) is 195 Å². The summed E-state index contributed by atoms with van der Waals surface area (Å²) in [6.45, 7) is 13.5. The minimum Gasteiger partial charge on any atom is -0.192 e. The van der Waals surface area contributed by atoms with Crippen LogP contribution in [0.5, 0.6) is 0 Å². The lowest BCUT2D eigenvalue weighted by Crippen LogP contribution is -2.02. The molecular formula is C62H40N2. The van der Waals surface area contributed by atoms with Crippen molar-refractivity contribution >= 4 is 86.2 Å². The number of benzene rings is 13. The van der Waals surface area contributed by atoms with Crippen molar-refractivity contribution in [2.24, 2.45) is 0 Å². The van der Waals surface area contributed by atoms with Crippen LogP contribution in [-0.2, 0) is 0 Å². The van der Waals surface area contributed by atoms with Gasteiger partial charge in [0, 0.05) is 11.1 Å². The highest BCUT2D eigenvalue weighted by Crippen LogP contribution is 2.60. The summed E-state index contributed by atoms with van der Waals surface area (Å²) in [6.07, 6.45) is 0. The summed E-state index contributed by atoms with van der Waals surface area (Å²) in [4.78, 5) is 0. The van der Waals surface area contributed by atoms with Crippen molar-refractivity contribution in [3.05, 3.63) is 178 Å². The molecule has 0 N–H and O–H groups in total. The van der Waals surface area contributed by atoms with Crippen LogP contribution in [-0.4, -0.2) is 0 Å². The van der Waals surface area contributed by atoms with Gasteiger partial charge in [0.2, 0.25) is 0 Å². The molecule has 0 fully saturated rings. The maximum Gasteiger partial charge on any atom is 0.0998 e. The Labute approximate surface area is 371 Å². The lowest BCUT2D eigenvalue weighted by Gasteiger charge is -2.30. The molecule has 0 spiro atoms. The van der Waals surface area contributed by atoms with Crippen LogP contribution in [0, 0.1) is 64.2 Å². The Bertz CT molecular complexity index is 3940. The molecule has 13 aromatic rings.